The molecule has 0 aliphatic rings. The highest BCUT2D eigenvalue weighted by molar-refractivity contribution is 14.1. The van der Waals surface area contributed by atoms with Gasteiger partial charge in [0.15, 0.2) is 0 Å². The van der Waals surface area contributed by atoms with Crippen LogP contribution in [0.25, 0.3) is 10.9 Å². The topological polar surface area (TPSA) is 42.0 Å². The molecule has 1 amide bonds. The standard InChI is InChI=1S/C17H12ClIN2O/c1-10-5-6-11-3-2-4-15(16(11)20-10)21-17(22)13-9-12(19)7-8-14(13)18/h2-9H,1H3,(H,21,22). The number of halogens is 2. The minimum absolute atomic E-state index is 0.237. The minimum Gasteiger partial charge on any atom is -0.320 e. The summed E-state index contributed by atoms with van der Waals surface area (Å²) in [5.74, 6) is -0.237. The second kappa shape index (κ2) is 6.22. The average molecular weight is 423 g/mol. The number of nitrogens with zero attached hydrogens (tertiary/aromatic N) is 1. The van der Waals surface area contributed by atoms with Gasteiger partial charge in [-0.05, 0) is 59.8 Å². The molecule has 1 heterocycles. The lowest BCUT2D eigenvalue weighted by atomic mass is 10.1. The Morgan fingerprint density at radius 3 is 2.82 bits per heavy atom. The van der Waals surface area contributed by atoms with Gasteiger partial charge >= 0.3 is 0 Å². The Morgan fingerprint density at radius 1 is 1.18 bits per heavy atom. The Balaban J connectivity index is 2.01. The Labute approximate surface area is 146 Å². The Hall–Kier alpha value is -1.66. The van der Waals surface area contributed by atoms with E-state index in [9.17, 15) is 4.79 Å². The first-order chi connectivity index (χ1) is 10.5. The van der Waals surface area contributed by atoms with Gasteiger partial charge in [-0.25, -0.2) is 0 Å². The fourth-order valence-electron chi connectivity index (χ4n) is 2.21. The van der Waals surface area contributed by atoms with Crippen molar-refractivity contribution < 1.29 is 4.79 Å². The van der Waals surface area contributed by atoms with Gasteiger partial charge in [-0.3, -0.25) is 9.78 Å². The van der Waals surface area contributed by atoms with Gasteiger partial charge in [0, 0.05) is 14.7 Å². The van der Waals surface area contributed by atoms with Crippen LogP contribution in [-0.2, 0) is 0 Å². The molecule has 2 aromatic carbocycles. The van der Waals surface area contributed by atoms with Gasteiger partial charge < -0.3 is 5.32 Å². The third-order valence-corrected chi connectivity index (χ3v) is 4.28. The van der Waals surface area contributed by atoms with Crippen LogP contribution in [0, 0.1) is 10.5 Å². The van der Waals surface area contributed by atoms with Crippen molar-refractivity contribution in [1.29, 1.82) is 0 Å². The first-order valence-corrected chi connectivity index (χ1v) is 8.13. The van der Waals surface area contributed by atoms with E-state index in [0.29, 0.717) is 16.3 Å². The summed E-state index contributed by atoms with van der Waals surface area (Å²) in [4.78, 5) is 17.0. The van der Waals surface area contributed by atoms with Crippen LogP contribution in [0.2, 0.25) is 5.02 Å². The van der Waals surface area contributed by atoms with Crippen molar-refractivity contribution in [3.63, 3.8) is 0 Å². The van der Waals surface area contributed by atoms with E-state index in [1.807, 2.05) is 43.3 Å². The van der Waals surface area contributed by atoms with E-state index >= 15 is 0 Å². The number of fused-ring (bicyclic) bond motifs is 1. The highest BCUT2D eigenvalue weighted by Crippen LogP contribution is 2.24. The van der Waals surface area contributed by atoms with Crippen LogP contribution in [0.5, 0.6) is 0 Å². The molecule has 3 aromatic rings. The van der Waals surface area contributed by atoms with E-state index in [-0.39, 0.29) is 5.91 Å². The summed E-state index contributed by atoms with van der Waals surface area (Å²) < 4.78 is 0.957. The van der Waals surface area contributed by atoms with Gasteiger partial charge in [0.2, 0.25) is 0 Å². The number of benzene rings is 2. The zero-order chi connectivity index (χ0) is 15.7. The van der Waals surface area contributed by atoms with E-state index in [4.69, 9.17) is 11.6 Å². The molecule has 1 N–H and O–H groups in total. The van der Waals surface area contributed by atoms with Gasteiger partial charge in [0.05, 0.1) is 21.8 Å². The fraction of sp³-hybridized carbons (Fsp3) is 0.0588. The number of carbonyl (C=O) groups excluding carboxylic acids is 1. The first kappa shape index (κ1) is 15.2. The Kier molecular flexibility index (Phi) is 4.31. The monoisotopic (exact) mass is 422 g/mol. The molecule has 0 aliphatic carbocycles. The summed E-state index contributed by atoms with van der Waals surface area (Å²) in [5.41, 5.74) is 2.82. The van der Waals surface area contributed by atoms with E-state index in [1.54, 1.807) is 12.1 Å². The molecule has 0 saturated carbocycles. The predicted molar refractivity (Wildman–Crippen MR) is 98.6 cm³/mol. The van der Waals surface area contributed by atoms with Crippen molar-refractivity contribution in [1.82, 2.24) is 4.98 Å². The van der Waals surface area contributed by atoms with E-state index in [1.165, 1.54) is 0 Å². The van der Waals surface area contributed by atoms with E-state index in [0.717, 1.165) is 20.2 Å². The Morgan fingerprint density at radius 2 is 2.00 bits per heavy atom. The number of aromatic nitrogens is 1. The summed E-state index contributed by atoms with van der Waals surface area (Å²) in [6.45, 7) is 1.93. The van der Waals surface area contributed by atoms with Crippen LogP contribution >= 0.6 is 34.2 Å². The molecule has 0 aliphatic heterocycles. The molecular formula is C17H12ClIN2O. The number of hydrogen-bond donors (Lipinski definition) is 1. The van der Waals surface area contributed by atoms with Gasteiger partial charge in [-0.1, -0.05) is 29.8 Å². The molecule has 5 heteroatoms. The molecule has 1 aromatic heterocycles. The highest BCUT2D eigenvalue weighted by atomic mass is 127. The van der Waals surface area contributed by atoms with Crippen molar-refractivity contribution in [2.45, 2.75) is 6.92 Å². The zero-order valence-corrected chi connectivity index (χ0v) is 14.6. The zero-order valence-electron chi connectivity index (χ0n) is 11.7. The molecule has 0 spiro atoms. The Bertz CT molecular complexity index is 880. The van der Waals surface area contributed by atoms with E-state index in [2.05, 4.69) is 32.9 Å². The fourth-order valence-corrected chi connectivity index (χ4v) is 2.90. The molecular weight excluding hydrogens is 411 g/mol. The number of hydrogen-bond acceptors (Lipinski definition) is 2. The van der Waals surface area contributed by atoms with Crippen molar-refractivity contribution in [3.05, 3.63) is 68.4 Å². The van der Waals surface area contributed by atoms with Gasteiger partial charge in [0.25, 0.3) is 5.91 Å². The van der Waals surface area contributed by atoms with Crippen LogP contribution in [0.3, 0.4) is 0 Å². The molecule has 110 valence electrons. The number of rotatable bonds is 2. The van der Waals surface area contributed by atoms with Crippen LogP contribution in [-0.4, -0.2) is 10.9 Å². The summed E-state index contributed by atoms with van der Waals surface area (Å²) >= 11 is 8.27. The summed E-state index contributed by atoms with van der Waals surface area (Å²) in [5, 5.41) is 4.32. The maximum Gasteiger partial charge on any atom is 0.257 e. The quantitative estimate of drug-likeness (QED) is 0.587. The maximum atomic E-state index is 12.5. The number of aryl methyl sites for hydroxylation is 1. The number of nitrogens with one attached hydrogen (secondary N) is 1. The molecule has 0 bridgehead atoms. The molecule has 0 unspecified atom stereocenters. The van der Waals surface area contributed by atoms with Crippen LogP contribution < -0.4 is 5.32 Å². The molecule has 0 radical (unpaired) electrons. The molecule has 22 heavy (non-hydrogen) atoms. The SMILES string of the molecule is Cc1ccc2cccc(NC(=O)c3cc(I)ccc3Cl)c2n1. The normalized spacial score (nSPS) is 10.7. The number of carbonyl (C=O) groups is 1. The van der Waals surface area contributed by atoms with Gasteiger partial charge in [-0.15, -0.1) is 0 Å². The molecule has 0 saturated heterocycles. The van der Waals surface area contributed by atoms with Crippen molar-refractivity contribution in [2.24, 2.45) is 0 Å². The average Bonchev–Trinajstić information content (AvgIpc) is 2.50. The number of amides is 1. The molecule has 0 fully saturated rings. The number of pyridine rings is 1. The summed E-state index contributed by atoms with van der Waals surface area (Å²) in [6, 6.07) is 15.0. The maximum absolute atomic E-state index is 12.5. The van der Waals surface area contributed by atoms with Crippen molar-refractivity contribution >= 4 is 56.7 Å². The third kappa shape index (κ3) is 3.08. The minimum atomic E-state index is -0.237. The first-order valence-electron chi connectivity index (χ1n) is 6.67. The van der Waals surface area contributed by atoms with Crippen LogP contribution in [0.15, 0.2) is 48.5 Å². The lowest BCUT2D eigenvalue weighted by Gasteiger charge is -2.10. The predicted octanol–water partition coefficient (Wildman–Crippen LogP) is 5.05. The molecule has 3 nitrogen and oxygen atoms in total. The van der Waals surface area contributed by atoms with Crippen molar-refractivity contribution in [2.75, 3.05) is 5.32 Å². The smallest absolute Gasteiger partial charge is 0.257 e. The van der Waals surface area contributed by atoms with Gasteiger partial charge in [0.1, 0.15) is 0 Å². The largest absolute Gasteiger partial charge is 0.320 e. The molecule has 3 rings (SSSR count). The second-order valence-corrected chi connectivity index (χ2v) is 6.56. The summed E-state index contributed by atoms with van der Waals surface area (Å²) in [6.07, 6.45) is 0. The highest BCUT2D eigenvalue weighted by Gasteiger charge is 2.13. The second-order valence-electron chi connectivity index (χ2n) is 4.91. The summed E-state index contributed by atoms with van der Waals surface area (Å²) in [7, 11) is 0. The van der Waals surface area contributed by atoms with Crippen LogP contribution in [0.1, 0.15) is 16.1 Å². The molecule has 0 atom stereocenters. The van der Waals surface area contributed by atoms with Crippen LogP contribution in [0.4, 0.5) is 5.69 Å². The van der Waals surface area contributed by atoms with E-state index < -0.39 is 0 Å². The van der Waals surface area contributed by atoms with Crippen molar-refractivity contribution in [3.8, 4) is 0 Å². The number of para-hydroxylation sites is 1. The lowest BCUT2D eigenvalue weighted by molar-refractivity contribution is 0.102. The lowest BCUT2D eigenvalue weighted by Crippen LogP contribution is -2.13. The van der Waals surface area contributed by atoms with Gasteiger partial charge in [-0.2, -0.15) is 0 Å². The third-order valence-electron chi connectivity index (χ3n) is 3.28. The number of anilines is 1.